The Hall–Kier alpha value is -1.52. The van der Waals surface area contributed by atoms with Gasteiger partial charge >= 0.3 is 0 Å². The van der Waals surface area contributed by atoms with Crippen molar-refractivity contribution in [3.8, 4) is 0 Å². The fourth-order valence-corrected chi connectivity index (χ4v) is 3.17. The van der Waals surface area contributed by atoms with Gasteiger partial charge in [-0.3, -0.25) is 4.79 Å². The average Bonchev–Trinajstić information content (AvgIpc) is 2.48. The summed E-state index contributed by atoms with van der Waals surface area (Å²) in [6.07, 6.45) is 0.847. The summed E-state index contributed by atoms with van der Waals surface area (Å²) in [5.41, 5.74) is 9.53. The molecule has 2 aromatic carbocycles. The number of halogens is 2. The Morgan fingerprint density at radius 1 is 1.19 bits per heavy atom. The number of carbonyl (C=O) groups excluding carboxylic acids is 1. The maximum atomic E-state index is 12.7. The summed E-state index contributed by atoms with van der Waals surface area (Å²) in [6.45, 7) is 1.28. The number of nitrogens with two attached hydrogens (primary N) is 1. The quantitative estimate of drug-likeness (QED) is 0.780. The molecule has 2 N–H and O–H groups in total. The summed E-state index contributed by atoms with van der Waals surface area (Å²) in [6, 6.07) is 11.1. The molecule has 0 fully saturated rings. The molecule has 0 saturated heterocycles. The van der Waals surface area contributed by atoms with Crippen molar-refractivity contribution < 1.29 is 4.79 Å². The number of fused-ring (bicyclic) bond motifs is 1. The van der Waals surface area contributed by atoms with Gasteiger partial charge in [0, 0.05) is 28.3 Å². The van der Waals surface area contributed by atoms with Crippen molar-refractivity contribution in [2.75, 3.05) is 12.3 Å². The van der Waals surface area contributed by atoms with Gasteiger partial charge in [0.25, 0.3) is 5.91 Å². The van der Waals surface area contributed by atoms with Gasteiger partial charge in [0.2, 0.25) is 0 Å². The number of anilines is 1. The molecule has 1 aliphatic heterocycles. The number of rotatable bonds is 1. The van der Waals surface area contributed by atoms with Gasteiger partial charge in [0.05, 0.1) is 5.56 Å². The molecule has 1 aliphatic rings. The number of nitrogen functional groups attached to an aromatic ring is 1. The summed E-state index contributed by atoms with van der Waals surface area (Å²) < 4.78 is 0.760. The Balaban J connectivity index is 1.88. The van der Waals surface area contributed by atoms with E-state index in [1.807, 2.05) is 23.1 Å². The standard InChI is InChI=1S/C16H14BrClN2O/c17-15-4-2-12(18)8-14(15)16(21)20-6-5-10-1-3-13(19)7-11(10)9-20/h1-4,7-8H,5-6,9,19H2. The lowest BCUT2D eigenvalue weighted by atomic mass is 9.98. The smallest absolute Gasteiger partial charge is 0.255 e. The Labute approximate surface area is 136 Å². The molecule has 3 nitrogen and oxygen atoms in total. The molecule has 0 saturated carbocycles. The fourth-order valence-electron chi connectivity index (χ4n) is 2.58. The first-order valence-corrected chi connectivity index (χ1v) is 7.83. The van der Waals surface area contributed by atoms with Gasteiger partial charge in [-0.1, -0.05) is 17.7 Å². The van der Waals surface area contributed by atoms with Gasteiger partial charge in [0.1, 0.15) is 0 Å². The fraction of sp³-hybridized carbons (Fsp3) is 0.188. The minimum Gasteiger partial charge on any atom is -0.399 e. The highest BCUT2D eigenvalue weighted by Crippen LogP contribution is 2.26. The predicted molar refractivity (Wildman–Crippen MR) is 88.5 cm³/mol. The summed E-state index contributed by atoms with van der Waals surface area (Å²) in [7, 11) is 0. The van der Waals surface area contributed by atoms with E-state index < -0.39 is 0 Å². The summed E-state index contributed by atoms with van der Waals surface area (Å²) in [4.78, 5) is 14.5. The summed E-state index contributed by atoms with van der Waals surface area (Å²) in [5.74, 6) is -0.0163. The van der Waals surface area contributed by atoms with E-state index in [0.29, 0.717) is 23.7 Å². The second kappa shape index (κ2) is 5.70. The van der Waals surface area contributed by atoms with Gasteiger partial charge in [-0.15, -0.1) is 0 Å². The minimum absolute atomic E-state index is 0.0163. The van der Waals surface area contributed by atoms with Crippen molar-refractivity contribution in [2.45, 2.75) is 13.0 Å². The van der Waals surface area contributed by atoms with E-state index in [9.17, 15) is 4.79 Å². The number of nitrogens with zero attached hydrogens (tertiary/aromatic N) is 1. The zero-order chi connectivity index (χ0) is 15.0. The number of hydrogen-bond donors (Lipinski definition) is 1. The number of amides is 1. The largest absolute Gasteiger partial charge is 0.399 e. The van der Waals surface area contributed by atoms with Crippen LogP contribution in [-0.4, -0.2) is 17.4 Å². The summed E-state index contributed by atoms with van der Waals surface area (Å²) in [5, 5.41) is 0.559. The number of benzene rings is 2. The van der Waals surface area contributed by atoms with Crippen LogP contribution in [0.25, 0.3) is 0 Å². The van der Waals surface area contributed by atoms with Crippen LogP contribution in [0.2, 0.25) is 5.02 Å². The van der Waals surface area contributed by atoms with Crippen LogP contribution >= 0.6 is 27.5 Å². The topological polar surface area (TPSA) is 46.3 Å². The van der Waals surface area contributed by atoms with E-state index in [2.05, 4.69) is 15.9 Å². The van der Waals surface area contributed by atoms with E-state index in [0.717, 1.165) is 22.1 Å². The summed E-state index contributed by atoms with van der Waals surface area (Å²) >= 11 is 9.41. The van der Waals surface area contributed by atoms with Crippen LogP contribution in [0.3, 0.4) is 0 Å². The molecule has 0 spiro atoms. The van der Waals surface area contributed by atoms with Crippen LogP contribution in [-0.2, 0) is 13.0 Å². The Bertz CT molecular complexity index is 717. The van der Waals surface area contributed by atoms with Crippen LogP contribution in [0.1, 0.15) is 21.5 Å². The van der Waals surface area contributed by atoms with E-state index in [4.69, 9.17) is 17.3 Å². The minimum atomic E-state index is -0.0163. The maximum absolute atomic E-state index is 12.7. The number of hydrogen-bond acceptors (Lipinski definition) is 2. The molecule has 108 valence electrons. The second-order valence-corrected chi connectivity index (χ2v) is 6.42. The highest BCUT2D eigenvalue weighted by molar-refractivity contribution is 9.10. The normalized spacial score (nSPS) is 13.9. The average molecular weight is 366 g/mol. The molecule has 0 unspecified atom stereocenters. The Kier molecular flexibility index (Phi) is 3.91. The third-order valence-electron chi connectivity index (χ3n) is 3.69. The third-order valence-corrected chi connectivity index (χ3v) is 4.62. The maximum Gasteiger partial charge on any atom is 0.255 e. The van der Waals surface area contributed by atoms with Crippen molar-refractivity contribution in [3.63, 3.8) is 0 Å². The van der Waals surface area contributed by atoms with Crippen LogP contribution in [0.5, 0.6) is 0 Å². The van der Waals surface area contributed by atoms with Gasteiger partial charge < -0.3 is 10.6 Å². The van der Waals surface area contributed by atoms with Crippen molar-refractivity contribution >= 4 is 39.1 Å². The first kappa shape index (κ1) is 14.4. The second-order valence-electron chi connectivity index (χ2n) is 5.13. The highest BCUT2D eigenvalue weighted by atomic mass is 79.9. The zero-order valence-corrected chi connectivity index (χ0v) is 13.6. The molecular weight excluding hydrogens is 352 g/mol. The van der Waals surface area contributed by atoms with Gasteiger partial charge in [-0.25, -0.2) is 0 Å². The first-order chi connectivity index (χ1) is 10.0. The monoisotopic (exact) mass is 364 g/mol. The third kappa shape index (κ3) is 2.92. The van der Waals surface area contributed by atoms with Crippen LogP contribution in [0, 0.1) is 0 Å². The molecule has 2 aromatic rings. The lowest BCUT2D eigenvalue weighted by molar-refractivity contribution is 0.0734. The van der Waals surface area contributed by atoms with E-state index >= 15 is 0 Å². The van der Waals surface area contributed by atoms with Gasteiger partial charge in [-0.05, 0) is 63.8 Å². The van der Waals surface area contributed by atoms with E-state index in [1.165, 1.54) is 5.56 Å². The van der Waals surface area contributed by atoms with Crippen LogP contribution < -0.4 is 5.73 Å². The molecule has 1 amide bonds. The number of carbonyl (C=O) groups is 1. The Morgan fingerprint density at radius 2 is 2.00 bits per heavy atom. The molecule has 0 radical (unpaired) electrons. The Morgan fingerprint density at radius 3 is 2.81 bits per heavy atom. The molecular formula is C16H14BrClN2O. The lowest BCUT2D eigenvalue weighted by Gasteiger charge is -2.29. The molecule has 5 heteroatoms. The van der Waals surface area contributed by atoms with E-state index in [-0.39, 0.29) is 5.91 Å². The first-order valence-electron chi connectivity index (χ1n) is 6.66. The SMILES string of the molecule is Nc1ccc2c(c1)CN(C(=O)c1cc(Cl)ccc1Br)CC2. The van der Waals surface area contributed by atoms with Crippen LogP contribution in [0.4, 0.5) is 5.69 Å². The van der Waals surface area contributed by atoms with E-state index in [1.54, 1.807) is 18.2 Å². The van der Waals surface area contributed by atoms with Gasteiger partial charge in [-0.2, -0.15) is 0 Å². The highest BCUT2D eigenvalue weighted by Gasteiger charge is 2.23. The van der Waals surface area contributed by atoms with Crippen molar-refractivity contribution in [2.24, 2.45) is 0 Å². The molecule has 21 heavy (non-hydrogen) atoms. The van der Waals surface area contributed by atoms with Crippen molar-refractivity contribution in [1.29, 1.82) is 0 Å². The zero-order valence-electron chi connectivity index (χ0n) is 11.3. The molecule has 0 aromatic heterocycles. The molecule has 0 atom stereocenters. The van der Waals surface area contributed by atoms with Crippen molar-refractivity contribution in [3.05, 3.63) is 62.6 Å². The van der Waals surface area contributed by atoms with Gasteiger partial charge in [0.15, 0.2) is 0 Å². The lowest BCUT2D eigenvalue weighted by Crippen LogP contribution is -2.36. The van der Waals surface area contributed by atoms with Crippen molar-refractivity contribution in [1.82, 2.24) is 4.90 Å². The molecule has 0 bridgehead atoms. The molecule has 3 rings (SSSR count). The molecule has 0 aliphatic carbocycles. The predicted octanol–water partition coefficient (Wildman–Crippen LogP) is 3.88. The molecule has 1 heterocycles. The van der Waals surface area contributed by atoms with Crippen LogP contribution in [0.15, 0.2) is 40.9 Å².